The molecule has 1 atom stereocenters. The van der Waals surface area contributed by atoms with Crippen molar-refractivity contribution in [3.8, 4) is 0 Å². The summed E-state index contributed by atoms with van der Waals surface area (Å²) in [6.07, 6.45) is 3.34. The van der Waals surface area contributed by atoms with E-state index in [1.165, 1.54) is 17.5 Å². The third-order valence-electron chi connectivity index (χ3n) is 3.31. The van der Waals surface area contributed by atoms with E-state index in [2.05, 4.69) is 20.7 Å². The first-order valence-corrected chi connectivity index (χ1v) is 9.78. The number of carbonyl (C=O) groups is 1. The maximum absolute atomic E-state index is 12.8. The number of halogens is 1. The van der Waals surface area contributed by atoms with Crippen molar-refractivity contribution < 1.29 is 17.9 Å². The summed E-state index contributed by atoms with van der Waals surface area (Å²) in [5.41, 5.74) is 1.00. The van der Waals surface area contributed by atoms with Crippen LogP contribution in [0.5, 0.6) is 0 Å². The smallest absolute Gasteiger partial charge is 0.330 e. The number of ether oxygens (including phenoxy) is 1. The van der Waals surface area contributed by atoms with Gasteiger partial charge in [0.1, 0.15) is 0 Å². The average Bonchev–Trinajstić information content (AvgIpc) is 2.54. The molecule has 0 saturated carbocycles. The number of benzene rings is 1. The highest BCUT2D eigenvalue weighted by molar-refractivity contribution is 9.09. The zero-order chi connectivity index (χ0) is 17.5. The molecule has 0 fully saturated rings. The first kappa shape index (κ1) is 19.9. The second-order valence-electron chi connectivity index (χ2n) is 5.15. The Labute approximate surface area is 146 Å². The normalized spacial score (nSPS) is 13.4. The molecule has 1 aromatic rings. The van der Waals surface area contributed by atoms with E-state index in [1.54, 1.807) is 30.3 Å². The SMILES string of the molecule is COC(=O)/C=C\CCN([C@@H](C)CBr)S(=O)(=O)c1ccc(C)cc1. The molecule has 0 heterocycles. The van der Waals surface area contributed by atoms with Gasteiger partial charge in [-0.2, -0.15) is 4.31 Å². The predicted molar refractivity (Wildman–Crippen MR) is 94.1 cm³/mol. The monoisotopic (exact) mass is 403 g/mol. The highest BCUT2D eigenvalue weighted by atomic mass is 79.9. The predicted octanol–water partition coefficient (Wildman–Crippen LogP) is 2.89. The van der Waals surface area contributed by atoms with Crippen molar-refractivity contribution in [1.29, 1.82) is 0 Å². The zero-order valence-electron chi connectivity index (χ0n) is 13.5. The molecule has 128 valence electrons. The molecule has 0 bridgehead atoms. The first-order valence-electron chi connectivity index (χ1n) is 7.22. The largest absolute Gasteiger partial charge is 0.466 e. The number of nitrogens with zero attached hydrogens (tertiary/aromatic N) is 1. The van der Waals surface area contributed by atoms with E-state index in [1.807, 2.05) is 13.8 Å². The van der Waals surface area contributed by atoms with Crippen molar-refractivity contribution in [3.05, 3.63) is 42.0 Å². The van der Waals surface area contributed by atoms with E-state index in [9.17, 15) is 13.2 Å². The number of methoxy groups -OCH3 is 1. The number of sulfonamides is 1. The van der Waals surface area contributed by atoms with E-state index in [0.29, 0.717) is 11.8 Å². The Kier molecular flexibility index (Phi) is 7.94. The van der Waals surface area contributed by atoms with Gasteiger partial charge in [-0.15, -0.1) is 0 Å². The van der Waals surface area contributed by atoms with E-state index >= 15 is 0 Å². The molecule has 0 radical (unpaired) electrons. The molecule has 7 heteroatoms. The Bertz CT molecular complexity index is 641. The van der Waals surface area contributed by atoms with E-state index in [4.69, 9.17) is 0 Å². The summed E-state index contributed by atoms with van der Waals surface area (Å²) in [5, 5.41) is 0.527. The van der Waals surface area contributed by atoms with Crippen molar-refractivity contribution in [2.45, 2.75) is 31.2 Å². The molecule has 0 N–H and O–H groups in total. The van der Waals surface area contributed by atoms with Gasteiger partial charge in [0.05, 0.1) is 12.0 Å². The Hall–Kier alpha value is -1.18. The topological polar surface area (TPSA) is 63.7 Å². The van der Waals surface area contributed by atoms with Crippen LogP contribution >= 0.6 is 15.9 Å². The fourth-order valence-electron chi connectivity index (χ4n) is 1.95. The van der Waals surface area contributed by atoms with Crippen molar-refractivity contribution in [2.24, 2.45) is 0 Å². The van der Waals surface area contributed by atoms with Gasteiger partial charge in [0.2, 0.25) is 10.0 Å². The molecule has 23 heavy (non-hydrogen) atoms. The number of aryl methyl sites for hydroxylation is 1. The van der Waals surface area contributed by atoms with Crippen LogP contribution in [0.1, 0.15) is 18.9 Å². The summed E-state index contributed by atoms with van der Waals surface area (Å²) in [6, 6.07) is 6.58. The Morgan fingerprint density at radius 3 is 2.48 bits per heavy atom. The summed E-state index contributed by atoms with van der Waals surface area (Å²) < 4.78 is 31.6. The molecule has 0 spiro atoms. The lowest BCUT2D eigenvalue weighted by Crippen LogP contribution is -2.40. The van der Waals surface area contributed by atoms with Crippen molar-refractivity contribution in [1.82, 2.24) is 4.31 Å². The van der Waals surface area contributed by atoms with E-state index in [-0.39, 0.29) is 17.5 Å². The van der Waals surface area contributed by atoms with Gasteiger partial charge in [0.25, 0.3) is 0 Å². The molecule has 0 saturated heterocycles. The minimum absolute atomic E-state index is 0.201. The molecule has 0 amide bonds. The van der Waals surface area contributed by atoms with Crippen LogP contribution in [-0.4, -0.2) is 43.7 Å². The zero-order valence-corrected chi connectivity index (χ0v) is 15.9. The fourth-order valence-corrected chi connectivity index (χ4v) is 4.14. The maximum Gasteiger partial charge on any atom is 0.330 e. The van der Waals surface area contributed by atoms with Crippen LogP contribution in [0.4, 0.5) is 0 Å². The summed E-state index contributed by atoms with van der Waals surface area (Å²) in [5.74, 6) is -0.452. The molecule has 1 rings (SSSR count). The van der Waals surface area contributed by atoms with Gasteiger partial charge in [-0.3, -0.25) is 0 Å². The van der Waals surface area contributed by atoms with Crippen LogP contribution in [0.25, 0.3) is 0 Å². The quantitative estimate of drug-likeness (QED) is 0.380. The van der Waals surface area contributed by atoms with Crippen LogP contribution in [0.3, 0.4) is 0 Å². The Balaban J connectivity index is 2.94. The van der Waals surface area contributed by atoms with Crippen LogP contribution < -0.4 is 0 Å². The standard InChI is InChI=1S/C16H22BrNO4S/c1-13-7-9-15(10-8-13)23(20,21)18(14(2)12-17)11-5-4-6-16(19)22-3/h4,6-10,14H,5,11-12H2,1-3H3/b6-4-/t14-/m0/s1. The third-order valence-corrected chi connectivity index (χ3v) is 6.28. The lowest BCUT2D eigenvalue weighted by Gasteiger charge is -2.27. The van der Waals surface area contributed by atoms with Crippen LogP contribution in [0.15, 0.2) is 41.3 Å². The van der Waals surface area contributed by atoms with Gasteiger partial charge < -0.3 is 4.74 Å². The second-order valence-corrected chi connectivity index (χ2v) is 7.68. The molecule has 0 aliphatic heterocycles. The van der Waals surface area contributed by atoms with E-state index < -0.39 is 16.0 Å². The number of rotatable bonds is 8. The van der Waals surface area contributed by atoms with Gasteiger partial charge in [0, 0.05) is 24.0 Å². The second kappa shape index (κ2) is 9.20. The molecule has 0 unspecified atom stereocenters. The molecule has 1 aromatic carbocycles. The van der Waals surface area contributed by atoms with Gasteiger partial charge >= 0.3 is 5.97 Å². The van der Waals surface area contributed by atoms with Crippen LogP contribution in [-0.2, 0) is 19.6 Å². The molecule has 5 nitrogen and oxygen atoms in total. The molecular weight excluding hydrogens is 382 g/mol. The lowest BCUT2D eigenvalue weighted by atomic mass is 10.2. The third kappa shape index (κ3) is 5.75. The number of carbonyl (C=O) groups excluding carboxylic acids is 1. The highest BCUT2D eigenvalue weighted by Crippen LogP contribution is 2.20. The molecular formula is C16H22BrNO4S. The highest BCUT2D eigenvalue weighted by Gasteiger charge is 2.27. The van der Waals surface area contributed by atoms with Crippen LogP contribution in [0.2, 0.25) is 0 Å². The summed E-state index contributed by atoms with van der Waals surface area (Å²) in [4.78, 5) is 11.3. The van der Waals surface area contributed by atoms with Crippen LogP contribution in [0, 0.1) is 6.92 Å². The minimum atomic E-state index is -3.58. The van der Waals surface area contributed by atoms with Gasteiger partial charge in [-0.1, -0.05) is 39.7 Å². The minimum Gasteiger partial charge on any atom is -0.466 e. The van der Waals surface area contributed by atoms with E-state index in [0.717, 1.165) is 5.56 Å². The van der Waals surface area contributed by atoms with Crippen molar-refractivity contribution in [3.63, 3.8) is 0 Å². The number of hydrogen-bond acceptors (Lipinski definition) is 4. The molecule has 0 aliphatic rings. The maximum atomic E-state index is 12.8. The summed E-state index contributed by atoms with van der Waals surface area (Å²) >= 11 is 3.34. The Morgan fingerprint density at radius 2 is 1.96 bits per heavy atom. The number of esters is 1. The molecule has 0 aliphatic carbocycles. The van der Waals surface area contributed by atoms with Gasteiger partial charge in [-0.25, -0.2) is 13.2 Å². The first-order chi connectivity index (χ1) is 10.8. The Morgan fingerprint density at radius 1 is 1.35 bits per heavy atom. The summed E-state index contributed by atoms with van der Waals surface area (Å²) in [7, 11) is -2.28. The van der Waals surface area contributed by atoms with Crippen molar-refractivity contribution in [2.75, 3.05) is 19.0 Å². The number of hydrogen-bond donors (Lipinski definition) is 0. The van der Waals surface area contributed by atoms with Crippen molar-refractivity contribution >= 4 is 31.9 Å². The number of alkyl halides is 1. The average molecular weight is 404 g/mol. The van der Waals surface area contributed by atoms with Gasteiger partial charge in [0.15, 0.2) is 0 Å². The fraction of sp³-hybridized carbons (Fsp3) is 0.438. The lowest BCUT2D eigenvalue weighted by molar-refractivity contribution is -0.134. The van der Waals surface area contributed by atoms with Gasteiger partial charge in [-0.05, 0) is 32.4 Å². The summed E-state index contributed by atoms with van der Waals surface area (Å²) in [6.45, 7) is 4.04. The molecule has 0 aromatic heterocycles.